The molecule has 1 rings (SSSR count). The molecule has 0 aromatic carbocycles. The van der Waals surface area contributed by atoms with Crippen LogP contribution in [-0.4, -0.2) is 11.5 Å². The normalized spacial score (nSPS) is 10.6. The first-order valence-corrected chi connectivity index (χ1v) is 6.12. The molecule has 0 aliphatic carbocycles. The van der Waals surface area contributed by atoms with Gasteiger partial charge in [-0.3, -0.25) is 0 Å². The Hall–Kier alpha value is -1.09. The topological polar surface area (TPSA) is 38.1 Å². The minimum atomic E-state index is 0.738. The number of rotatable bonds is 9. The molecule has 0 saturated heterocycles. The fourth-order valence-corrected chi connectivity index (χ4v) is 1.50. The summed E-state index contributed by atoms with van der Waals surface area (Å²) in [7, 11) is 0. The van der Waals surface area contributed by atoms with E-state index < -0.39 is 0 Å². The molecular formula is C13H22N2O. The summed E-state index contributed by atoms with van der Waals surface area (Å²) in [6.07, 6.45) is 9.52. The van der Waals surface area contributed by atoms with Crippen molar-refractivity contribution >= 4 is 0 Å². The third kappa shape index (κ3) is 5.12. The van der Waals surface area contributed by atoms with Gasteiger partial charge in [0.25, 0.3) is 0 Å². The number of allylic oxidation sites excluding steroid dienone is 1. The van der Waals surface area contributed by atoms with Crippen molar-refractivity contribution < 1.29 is 4.42 Å². The number of hydrogen-bond acceptors (Lipinski definition) is 3. The van der Waals surface area contributed by atoms with Crippen molar-refractivity contribution in [3.63, 3.8) is 0 Å². The standard InChI is InChI=1S/C13H22N2O/c1-3-5-6-7-8-9-14-11-13-15-10-12(4-2)16-13/h3,10,14H,1,4-9,11H2,2H3. The maximum Gasteiger partial charge on any atom is 0.208 e. The molecule has 0 saturated carbocycles. The summed E-state index contributed by atoms with van der Waals surface area (Å²) in [4.78, 5) is 4.19. The van der Waals surface area contributed by atoms with Crippen molar-refractivity contribution in [2.75, 3.05) is 6.54 Å². The quantitative estimate of drug-likeness (QED) is 0.515. The molecule has 0 aliphatic heterocycles. The van der Waals surface area contributed by atoms with Crippen LogP contribution >= 0.6 is 0 Å². The van der Waals surface area contributed by atoms with E-state index in [-0.39, 0.29) is 0 Å². The maximum absolute atomic E-state index is 5.49. The van der Waals surface area contributed by atoms with Crippen molar-refractivity contribution in [3.8, 4) is 0 Å². The third-order valence-corrected chi connectivity index (χ3v) is 2.49. The average Bonchev–Trinajstić information content (AvgIpc) is 2.76. The molecular weight excluding hydrogens is 200 g/mol. The van der Waals surface area contributed by atoms with E-state index in [1.807, 2.05) is 6.08 Å². The molecule has 90 valence electrons. The molecule has 1 aromatic heterocycles. The van der Waals surface area contributed by atoms with Gasteiger partial charge in [-0.2, -0.15) is 0 Å². The lowest BCUT2D eigenvalue weighted by molar-refractivity contribution is 0.437. The third-order valence-electron chi connectivity index (χ3n) is 2.49. The molecule has 1 aromatic rings. The monoisotopic (exact) mass is 222 g/mol. The first-order chi connectivity index (χ1) is 7.86. The van der Waals surface area contributed by atoms with E-state index in [9.17, 15) is 0 Å². The highest BCUT2D eigenvalue weighted by molar-refractivity contribution is 4.93. The van der Waals surface area contributed by atoms with Crippen molar-refractivity contribution in [1.82, 2.24) is 10.3 Å². The van der Waals surface area contributed by atoms with E-state index >= 15 is 0 Å². The molecule has 0 amide bonds. The molecule has 1 heterocycles. The van der Waals surface area contributed by atoms with Crippen LogP contribution in [0.3, 0.4) is 0 Å². The summed E-state index contributed by atoms with van der Waals surface area (Å²) >= 11 is 0. The summed E-state index contributed by atoms with van der Waals surface area (Å²) in [5.74, 6) is 1.76. The van der Waals surface area contributed by atoms with Gasteiger partial charge in [0.2, 0.25) is 5.89 Å². The zero-order valence-corrected chi connectivity index (χ0v) is 10.2. The van der Waals surface area contributed by atoms with Gasteiger partial charge in [0.05, 0.1) is 12.7 Å². The fourth-order valence-electron chi connectivity index (χ4n) is 1.50. The maximum atomic E-state index is 5.49. The Balaban J connectivity index is 2.00. The van der Waals surface area contributed by atoms with Gasteiger partial charge in [-0.05, 0) is 25.8 Å². The Morgan fingerprint density at radius 1 is 1.44 bits per heavy atom. The fraction of sp³-hybridized carbons (Fsp3) is 0.615. The smallest absolute Gasteiger partial charge is 0.208 e. The molecule has 3 nitrogen and oxygen atoms in total. The Morgan fingerprint density at radius 2 is 2.31 bits per heavy atom. The summed E-state index contributed by atoms with van der Waals surface area (Å²) in [6, 6.07) is 0. The lowest BCUT2D eigenvalue weighted by Crippen LogP contribution is -2.14. The zero-order chi connectivity index (χ0) is 11.6. The minimum Gasteiger partial charge on any atom is -0.444 e. The van der Waals surface area contributed by atoms with E-state index in [4.69, 9.17) is 4.42 Å². The van der Waals surface area contributed by atoms with Crippen LogP contribution in [0.4, 0.5) is 0 Å². The van der Waals surface area contributed by atoms with E-state index in [2.05, 4.69) is 23.8 Å². The number of oxazole rings is 1. The molecule has 0 bridgehead atoms. The molecule has 0 unspecified atom stereocenters. The van der Waals surface area contributed by atoms with Crippen LogP contribution < -0.4 is 5.32 Å². The first kappa shape index (κ1) is 13.0. The highest BCUT2D eigenvalue weighted by atomic mass is 16.4. The molecule has 1 N–H and O–H groups in total. The summed E-state index contributed by atoms with van der Waals surface area (Å²) in [5, 5.41) is 3.33. The van der Waals surface area contributed by atoms with Crippen LogP contribution in [0.5, 0.6) is 0 Å². The molecule has 0 fully saturated rings. The minimum absolute atomic E-state index is 0.738. The van der Waals surface area contributed by atoms with Gasteiger partial charge in [-0.1, -0.05) is 19.4 Å². The van der Waals surface area contributed by atoms with Gasteiger partial charge in [-0.15, -0.1) is 6.58 Å². The van der Waals surface area contributed by atoms with Crippen LogP contribution in [0.25, 0.3) is 0 Å². The van der Waals surface area contributed by atoms with Gasteiger partial charge in [0.15, 0.2) is 0 Å². The van der Waals surface area contributed by atoms with E-state index in [1.165, 1.54) is 19.3 Å². The largest absolute Gasteiger partial charge is 0.444 e. The highest BCUT2D eigenvalue weighted by Gasteiger charge is 2.00. The van der Waals surface area contributed by atoms with Crippen molar-refractivity contribution in [1.29, 1.82) is 0 Å². The van der Waals surface area contributed by atoms with Crippen LogP contribution in [0.2, 0.25) is 0 Å². The number of hydrogen-bond donors (Lipinski definition) is 1. The molecule has 0 radical (unpaired) electrons. The Labute approximate surface area is 98.0 Å². The average molecular weight is 222 g/mol. The van der Waals surface area contributed by atoms with Crippen LogP contribution in [0.1, 0.15) is 44.3 Å². The van der Waals surface area contributed by atoms with Crippen molar-refractivity contribution in [2.45, 2.75) is 45.6 Å². The molecule has 3 heteroatoms. The lowest BCUT2D eigenvalue weighted by Gasteiger charge is -2.01. The van der Waals surface area contributed by atoms with E-state index in [1.54, 1.807) is 6.20 Å². The lowest BCUT2D eigenvalue weighted by atomic mass is 10.2. The number of unbranched alkanes of at least 4 members (excludes halogenated alkanes) is 3. The Kier molecular flexibility index (Phi) is 6.58. The summed E-state index contributed by atoms with van der Waals surface area (Å²) in [5.41, 5.74) is 0. The van der Waals surface area contributed by atoms with Gasteiger partial charge < -0.3 is 9.73 Å². The second-order valence-electron chi connectivity index (χ2n) is 3.89. The zero-order valence-electron chi connectivity index (χ0n) is 10.2. The van der Waals surface area contributed by atoms with Crippen LogP contribution in [-0.2, 0) is 13.0 Å². The SMILES string of the molecule is C=CCCCCCNCc1ncc(CC)o1. The van der Waals surface area contributed by atoms with Gasteiger partial charge in [0, 0.05) is 6.42 Å². The van der Waals surface area contributed by atoms with Crippen LogP contribution in [0, 0.1) is 0 Å². The van der Waals surface area contributed by atoms with Crippen LogP contribution in [0.15, 0.2) is 23.3 Å². The number of nitrogens with zero attached hydrogens (tertiary/aromatic N) is 1. The summed E-state index contributed by atoms with van der Waals surface area (Å²) < 4.78 is 5.49. The highest BCUT2D eigenvalue weighted by Crippen LogP contribution is 2.04. The predicted octanol–water partition coefficient (Wildman–Crippen LogP) is 3.07. The summed E-state index contributed by atoms with van der Waals surface area (Å²) in [6.45, 7) is 7.54. The van der Waals surface area contributed by atoms with Crippen molar-refractivity contribution in [3.05, 3.63) is 30.5 Å². The van der Waals surface area contributed by atoms with Gasteiger partial charge in [-0.25, -0.2) is 4.98 Å². The molecule has 0 atom stereocenters. The van der Waals surface area contributed by atoms with E-state index in [0.717, 1.165) is 37.6 Å². The van der Waals surface area contributed by atoms with Crippen molar-refractivity contribution in [2.24, 2.45) is 0 Å². The molecule has 0 aliphatic rings. The second-order valence-corrected chi connectivity index (χ2v) is 3.89. The molecule has 16 heavy (non-hydrogen) atoms. The number of aryl methyl sites for hydroxylation is 1. The Morgan fingerprint density at radius 3 is 3.00 bits per heavy atom. The first-order valence-electron chi connectivity index (χ1n) is 6.12. The van der Waals surface area contributed by atoms with Gasteiger partial charge >= 0.3 is 0 Å². The number of aromatic nitrogens is 1. The van der Waals surface area contributed by atoms with Gasteiger partial charge in [0.1, 0.15) is 5.76 Å². The Bertz CT molecular complexity index is 294. The number of nitrogens with one attached hydrogen (secondary N) is 1. The van der Waals surface area contributed by atoms with E-state index in [0.29, 0.717) is 0 Å². The molecule has 0 spiro atoms. The second kappa shape index (κ2) is 8.11. The predicted molar refractivity (Wildman–Crippen MR) is 66.3 cm³/mol.